The van der Waals surface area contributed by atoms with Gasteiger partial charge in [-0.25, -0.2) is 0 Å². The van der Waals surface area contributed by atoms with E-state index in [9.17, 15) is 0 Å². The first kappa shape index (κ1) is 56.9. The number of hydrogen-bond acceptors (Lipinski definition) is 5. The molecular formula is C63H93NO4Si2. The minimum Gasteiger partial charge on any atom is -0.493 e. The Morgan fingerprint density at radius 2 is 0.757 bits per heavy atom. The molecule has 5 nitrogen and oxygen atoms in total. The smallest absolute Gasteiger partial charge is 0.240 e. The van der Waals surface area contributed by atoms with Gasteiger partial charge in [0.05, 0.1) is 25.4 Å². The number of nitrogens with one attached hydrogen (secondary N) is 1. The summed E-state index contributed by atoms with van der Waals surface area (Å²) in [6.45, 7) is 19.5. The Bertz CT molecular complexity index is 1990. The van der Waals surface area contributed by atoms with Gasteiger partial charge in [-0.3, -0.25) is 0 Å². The van der Waals surface area contributed by atoms with E-state index in [1.807, 2.05) is 0 Å². The monoisotopic (exact) mass is 984 g/mol. The summed E-state index contributed by atoms with van der Waals surface area (Å²) in [7, 11) is -3.55. The van der Waals surface area contributed by atoms with Gasteiger partial charge in [0.15, 0.2) is 0 Å². The van der Waals surface area contributed by atoms with Crippen molar-refractivity contribution in [3.63, 3.8) is 0 Å². The Labute approximate surface area is 430 Å². The van der Waals surface area contributed by atoms with E-state index in [0.29, 0.717) is 0 Å². The van der Waals surface area contributed by atoms with Crippen molar-refractivity contribution in [3.8, 4) is 11.5 Å². The van der Waals surface area contributed by atoms with Gasteiger partial charge in [-0.2, -0.15) is 0 Å². The highest BCUT2D eigenvalue weighted by Crippen LogP contribution is 2.30. The summed E-state index contributed by atoms with van der Waals surface area (Å²) in [5, 5.41) is 8.93. The van der Waals surface area contributed by atoms with Gasteiger partial charge in [-0.05, 0) is 69.9 Å². The van der Waals surface area contributed by atoms with Crippen LogP contribution < -0.4 is 35.5 Å². The summed E-state index contributed by atoms with van der Waals surface area (Å²) in [4.78, 5) is 0. The molecule has 0 radical (unpaired) electrons. The van der Waals surface area contributed by atoms with Crippen LogP contribution in [0.15, 0.2) is 140 Å². The first-order chi connectivity index (χ1) is 34.0. The van der Waals surface area contributed by atoms with Gasteiger partial charge in [-0.15, -0.1) is 0 Å². The third kappa shape index (κ3) is 21.4. The second kappa shape index (κ2) is 32.2. The predicted octanol–water partition coefficient (Wildman–Crippen LogP) is 13.5. The molecule has 0 heterocycles. The van der Waals surface area contributed by atoms with Gasteiger partial charge < -0.3 is 23.6 Å². The molecule has 0 saturated heterocycles. The van der Waals surface area contributed by atoms with E-state index < -0.39 is 18.1 Å². The third-order valence-corrected chi connectivity index (χ3v) is 19.0. The van der Waals surface area contributed by atoms with Gasteiger partial charge in [0.25, 0.3) is 0 Å². The maximum Gasteiger partial charge on any atom is 0.240 e. The number of hydrogen-bond donors (Lipinski definition) is 1. The highest BCUT2D eigenvalue weighted by Gasteiger charge is 2.31. The summed E-state index contributed by atoms with van der Waals surface area (Å²) < 4.78 is 26.9. The van der Waals surface area contributed by atoms with E-state index in [1.54, 1.807) is 0 Å². The average Bonchev–Trinajstić information content (AvgIpc) is 3.36. The van der Waals surface area contributed by atoms with Crippen molar-refractivity contribution in [2.45, 2.75) is 183 Å². The zero-order valence-corrected chi connectivity index (χ0v) is 47.1. The second-order valence-corrected chi connectivity index (χ2v) is 26.6. The molecule has 7 heteroatoms. The molecule has 0 aliphatic rings. The number of benzene rings is 5. The Hall–Kier alpha value is -3.99. The summed E-state index contributed by atoms with van der Waals surface area (Å²) in [6.07, 6.45) is 22.7. The lowest BCUT2D eigenvalue weighted by Crippen LogP contribution is -2.49. The lowest BCUT2D eigenvalue weighted by Gasteiger charge is -2.34. The highest BCUT2D eigenvalue weighted by molar-refractivity contribution is 6.80. The molecule has 5 rings (SSSR count). The predicted molar refractivity (Wildman–Crippen MR) is 305 cm³/mol. The van der Waals surface area contributed by atoms with Crippen LogP contribution in [0.5, 0.6) is 11.5 Å². The fourth-order valence-corrected chi connectivity index (χ4v) is 14.9. The molecule has 2 atom stereocenters. The molecule has 5 aromatic rings. The van der Waals surface area contributed by atoms with Crippen molar-refractivity contribution in [1.29, 1.82) is 0 Å². The second-order valence-electron chi connectivity index (χ2n) is 21.9. The van der Waals surface area contributed by atoms with Crippen molar-refractivity contribution >= 4 is 38.8 Å². The van der Waals surface area contributed by atoms with Gasteiger partial charge in [0, 0.05) is 18.2 Å². The molecule has 0 saturated carbocycles. The molecule has 382 valence electrons. The number of ether oxygens (including phenoxy) is 2. The minimum atomic E-state index is -1.78. The zero-order valence-electron chi connectivity index (χ0n) is 44.8. The van der Waals surface area contributed by atoms with Crippen LogP contribution in [0.2, 0.25) is 0 Å². The molecule has 0 amide bonds. The van der Waals surface area contributed by atoms with Crippen LogP contribution in [0.4, 0.5) is 0 Å². The van der Waals surface area contributed by atoms with Crippen LogP contribution in [-0.4, -0.2) is 50.0 Å². The Morgan fingerprint density at radius 3 is 1.11 bits per heavy atom. The fraction of sp³-hybridized carbons (Fsp3) is 0.524. The molecular weight excluding hydrogens is 891 g/mol. The standard InChI is InChI=1S/C63H93NO4Si2/c1-8-64-52-53-47-48-54(65-49-35-19-15-11-9-13-17-33-45-60(62(2,3)4)67-69(55-37-25-21-26-38-55)56-39-27-22-28-40-56)51-59(53)66-50-36-20-16-12-10-14-18-34-46-61(63(5,6)7)68-70(57-41-29-23-30-42-57)58-43-31-24-32-44-58/h21-32,37-44,47-48,51,60-61,64,69-70H,8-20,33-36,45-46,49-50,52H2,1-7H3. The average molecular weight is 985 g/mol. The van der Waals surface area contributed by atoms with Crippen molar-refractivity contribution in [1.82, 2.24) is 5.32 Å². The van der Waals surface area contributed by atoms with Crippen LogP contribution in [0.1, 0.15) is 170 Å². The molecule has 5 aromatic carbocycles. The quantitative estimate of drug-likeness (QED) is 0.0324. The summed E-state index contributed by atoms with van der Waals surface area (Å²) in [6, 6.07) is 50.1. The normalized spacial score (nSPS) is 12.9. The lowest BCUT2D eigenvalue weighted by atomic mass is 9.86. The highest BCUT2D eigenvalue weighted by atomic mass is 28.3. The fourth-order valence-electron chi connectivity index (χ4n) is 9.47. The van der Waals surface area contributed by atoms with Crippen LogP contribution in [0, 0.1) is 10.8 Å². The molecule has 70 heavy (non-hydrogen) atoms. The maximum absolute atomic E-state index is 7.13. The van der Waals surface area contributed by atoms with Gasteiger partial charge in [-0.1, -0.05) is 266 Å². The van der Waals surface area contributed by atoms with Crippen LogP contribution in [-0.2, 0) is 15.4 Å². The zero-order chi connectivity index (χ0) is 49.7. The third-order valence-electron chi connectivity index (χ3n) is 13.8. The Balaban J connectivity index is 0.914. The number of rotatable bonds is 35. The molecule has 2 unspecified atom stereocenters. The molecule has 0 aliphatic heterocycles. The van der Waals surface area contributed by atoms with E-state index in [0.717, 1.165) is 63.5 Å². The summed E-state index contributed by atoms with van der Waals surface area (Å²) >= 11 is 0. The first-order valence-electron chi connectivity index (χ1n) is 27.6. The van der Waals surface area contributed by atoms with Crippen molar-refractivity contribution < 1.29 is 18.3 Å². The van der Waals surface area contributed by atoms with Crippen LogP contribution in [0.25, 0.3) is 0 Å². The topological polar surface area (TPSA) is 49.0 Å². The van der Waals surface area contributed by atoms with E-state index >= 15 is 0 Å². The number of unbranched alkanes of at least 4 members (excludes halogenated alkanes) is 14. The summed E-state index contributed by atoms with van der Waals surface area (Å²) in [5.74, 6) is 1.89. The van der Waals surface area contributed by atoms with Gasteiger partial charge in [0.2, 0.25) is 18.1 Å². The molecule has 1 N–H and O–H groups in total. The first-order valence-corrected chi connectivity index (χ1v) is 30.9. The van der Waals surface area contributed by atoms with Crippen LogP contribution >= 0.6 is 0 Å². The minimum absolute atomic E-state index is 0.105. The Kier molecular flexibility index (Phi) is 26.2. The molecule has 0 aliphatic carbocycles. The van der Waals surface area contributed by atoms with E-state index in [-0.39, 0.29) is 23.0 Å². The molecule has 0 aromatic heterocycles. The van der Waals surface area contributed by atoms with E-state index in [2.05, 4.69) is 193 Å². The SMILES string of the molecule is CCNCc1ccc(OCCCCCCCCCCC(O[SiH](c2ccccc2)c2ccccc2)C(C)(C)C)cc1OCCCCCCCCCCC(O[SiH](c1ccccc1)c1ccccc1)C(C)(C)C. The van der Waals surface area contributed by atoms with Crippen molar-refractivity contribution in [2.75, 3.05) is 19.8 Å². The Morgan fingerprint density at radius 1 is 0.414 bits per heavy atom. The largest absolute Gasteiger partial charge is 0.493 e. The molecule has 0 bridgehead atoms. The van der Waals surface area contributed by atoms with E-state index in [1.165, 1.54) is 116 Å². The van der Waals surface area contributed by atoms with Crippen molar-refractivity contribution in [2.24, 2.45) is 10.8 Å². The van der Waals surface area contributed by atoms with E-state index in [4.69, 9.17) is 18.3 Å². The van der Waals surface area contributed by atoms with Gasteiger partial charge in [0.1, 0.15) is 11.5 Å². The molecule has 0 spiro atoms. The molecule has 0 fully saturated rings. The van der Waals surface area contributed by atoms with Gasteiger partial charge >= 0.3 is 0 Å². The maximum atomic E-state index is 7.13. The van der Waals surface area contributed by atoms with Crippen LogP contribution in [0.3, 0.4) is 0 Å². The van der Waals surface area contributed by atoms with Crippen molar-refractivity contribution in [3.05, 3.63) is 145 Å². The summed E-state index contributed by atoms with van der Waals surface area (Å²) in [5.41, 5.74) is 1.42. The lowest BCUT2D eigenvalue weighted by molar-refractivity contribution is 0.0788.